The fourth-order valence-corrected chi connectivity index (χ4v) is 4.06. The summed E-state index contributed by atoms with van der Waals surface area (Å²) in [5.74, 6) is 1.06. The minimum Gasteiger partial charge on any atom is -0.495 e. The molecule has 126 valence electrons. The van der Waals surface area contributed by atoms with Crippen LogP contribution in [0.5, 0.6) is 5.75 Å². The van der Waals surface area contributed by atoms with E-state index < -0.39 is 10.0 Å². The molecule has 1 aromatic heterocycles. The molecule has 1 N–H and O–H groups in total. The molecule has 1 heterocycles. The van der Waals surface area contributed by atoms with E-state index >= 15 is 0 Å². The van der Waals surface area contributed by atoms with Gasteiger partial charge in [-0.3, -0.25) is 0 Å². The molecular formula is C18H19NO4S. The SMILES string of the molecule is COc1ccccc1S(=O)(=O)N[C@H](C)Cc1cc2ccccc2o1. The Labute approximate surface area is 141 Å². The van der Waals surface area contributed by atoms with Gasteiger partial charge in [0, 0.05) is 17.8 Å². The van der Waals surface area contributed by atoms with E-state index in [1.54, 1.807) is 25.1 Å². The first kappa shape index (κ1) is 16.5. The zero-order valence-electron chi connectivity index (χ0n) is 13.5. The second-order valence-corrected chi connectivity index (χ2v) is 7.31. The van der Waals surface area contributed by atoms with Gasteiger partial charge < -0.3 is 9.15 Å². The number of para-hydroxylation sites is 2. The maximum absolute atomic E-state index is 12.6. The molecule has 3 rings (SSSR count). The van der Waals surface area contributed by atoms with E-state index in [0.29, 0.717) is 12.2 Å². The van der Waals surface area contributed by atoms with Crippen molar-refractivity contribution in [1.29, 1.82) is 0 Å². The molecule has 0 radical (unpaired) electrons. The highest BCUT2D eigenvalue weighted by Gasteiger charge is 2.22. The highest BCUT2D eigenvalue weighted by molar-refractivity contribution is 7.89. The van der Waals surface area contributed by atoms with E-state index in [1.165, 1.54) is 13.2 Å². The number of hydrogen-bond acceptors (Lipinski definition) is 4. The molecule has 0 unspecified atom stereocenters. The standard InChI is InChI=1S/C18H19NO4S/c1-13(11-15-12-14-7-3-4-8-16(14)23-15)19-24(20,21)18-10-6-5-9-17(18)22-2/h3-10,12-13,19H,11H2,1-2H3/t13-/m1/s1. The normalized spacial score (nSPS) is 13.1. The van der Waals surface area contributed by atoms with Gasteiger partial charge in [0.15, 0.2) is 0 Å². The van der Waals surface area contributed by atoms with Gasteiger partial charge in [-0.1, -0.05) is 30.3 Å². The van der Waals surface area contributed by atoms with Gasteiger partial charge >= 0.3 is 0 Å². The van der Waals surface area contributed by atoms with Crippen LogP contribution < -0.4 is 9.46 Å². The van der Waals surface area contributed by atoms with Crippen LogP contribution >= 0.6 is 0 Å². The molecule has 1 atom stereocenters. The van der Waals surface area contributed by atoms with Crippen molar-refractivity contribution in [2.24, 2.45) is 0 Å². The second kappa shape index (κ2) is 6.67. The molecule has 0 spiro atoms. The third-order valence-corrected chi connectivity index (χ3v) is 5.33. The van der Waals surface area contributed by atoms with Gasteiger partial charge in [-0.25, -0.2) is 13.1 Å². The van der Waals surface area contributed by atoms with Crippen molar-refractivity contribution >= 4 is 21.0 Å². The summed E-state index contributed by atoms with van der Waals surface area (Å²) in [5.41, 5.74) is 0.798. The van der Waals surface area contributed by atoms with E-state index in [0.717, 1.165) is 16.7 Å². The summed E-state index contributed by atoms with van der Waals surface area (Å²) >= 11 is 0. The maximum atomic E-state index is 12.6. The number of fused-ring (bicyclic) bond motifs is 1. The lowest BCUT2D eigenvalue weighted by Gasteiger charge is -2.15. The van der Waals surface area contributed by atoms with Gasteiger partial charge in [0.2, 0.25) is 10.0 Å². The molecule has 0 aliphatic rings. The van der Waals surface area contributed by atoms with E-state index in [2.05, 4.69) is 4.72 Å². The van der Waals surface area contributed by atoms with Crippen LogP contribution in [0.3, 0.4) is 0 Å². The van der Waals surface area contributed by atoms with Gasteiger partial charge in [0.1, 0.15) is 22.0 Å². The van der Waals surface area contributed by atoms with Crippen LogP contribution in [0.2, 0.25) is 0 Å². The van der Waals surface area contributed by atoms with Crippen molar-refractivity contribution in [3.63, 3.8) is 0 Å². The van der Waals surface area contributed by atoms with Gasteiger partial charge in [-0.15, -0.1) is 0 Å². The number of nitrogens with one attached hydrogen (secondary N) is 1. The summed E-state index contributed by atoms with van der Waals surface area (Å²) in [4.78, 5) is 0.129. The number of methoxy groups -OCH3 is 1. The van der Waals surface area contributed by atoms with Crippen molar-refractivity contribution in [3.8, 4) is 5.75 Å². The molecule has 0 bridgehead atoms. The topological polar surface area (TPSA) is 68.5 Å². The third-order valence-electron chi connectivity index (χ3n) is 3.70. The first-order valence-electron chi connectivity index (χ1n) is 7.62. The lowest BCUT2D eigenvalue weighted by atomic mass is 10.2. The minimum absolute atomic E-state index is 0.129. The van der Waals surface area contributed by atoms with Gasteiger partial charge in [-0.2, -0.15) is 0 Å². The van der Waals surface area contributed by atoms with Crippen LogP contribution in [-0.4, -0.2) is 21.6 Å². The quantitative estimate of drug-likeness (QED) is 0.744. The molecule has 5 nitrogen and oxygen atoms in total. The van der Waals surface area contributed by atoms with Gasteiger partial charge in [-0.05, 0) is 31.2 Å². The fraction of sp³-hybridized carbons (Fsp3) is 0.222. The Bertz CT molecular complexity index is 913. The van der Waals surface area contributed by atoms with E-state index in [9.17, 15) is 8.42 Å². The minimum atomic E-state index is -3.67. The van der Waals surface area contributed by atoms with Crippen LogP contribution in [0.1, 0.15) is 12.7 Å². The molecule has 0 amide bonds. The molecule has 2 aromatic carbocycles. The predicted octanol–water partition coefficient (Wildman–Crippen LogP) is 3.35. The molecule has 3 aromatic rings. The summed E-state index contributed by atoms with van der Waals surface area (Å²) in [6.07, 6.45) is 0.461. The Morgan fingerprint density at radius 2 is 1.83 bits per heavy atom. The average Bonchev–Trinajstić information content (AvgIpc) is 2.96. The molecule has 0 fully saturated rings. The number of sulfonamides is 1. The van der Waals surface area contributed by atoms with Crippen molar-refractivity contribution in [2.45, 2.75) is 24.3 Å². The van der Waals surface area contributed by atoms with Crippen LogP contribution in [0.4, 0.5) is 0 Å². The predicted molar refractivity (Wildman–Crippen MR) is 92.7 cm³/mol. The largest absolute Gasteiger partial charge is 0.495 e. The first-order chi connectivity index (χ1) is 11.5. The van der Waals surface area contributed by atoms with Crippen molar-refractivity contribution in [1.82, 2.24) is 4.72 Å². The monoisotopic (exact) mass is 345 g/mol. The Morgan fingerprint density at radius 1 is 1.12 bits per heavy atom. The van der Waals surface area contributed by atoms with Crippen LogP contribution in [0.15, 0.2) is 63.9 Å². The Morgan fingerprint density at radius 3 is 2.58 bits per heavy atom. The molecule has 0 aliphatic heterocycles. The molecule has 0 aliphatic carbocycles. The molecule has 24 heavy (non-hydrogen) atoms. The average molecular weight is 345 g/mol. The van der Waals surface area contributed by atoms with E-state index in [-0.39, 0.29) is 10.9 Å². The third kappa shape index (κ3) is 3.44. The van der Waals surface area contributed by atoms with Crippen molar-refractivity contribution in [2.75, 3.05) is 7.11 Å². The van der Waals surface area contributed by atoms with Gasteiger partial charge in [0.25, 0.3) is 0 Å². The Balaban J connectivity index is 1.77. The highest BCUT2D eigenvalue weighted by atomic mass is 32.2. The van der Waals surface area contributed by atoms with Crippen molar-refractivity contribution in [3.05, 3.63) is 60.4 Å². The Kier molecular flexibility index (Phi) is 4.59. The lowest BCUT2D eigenvalue weighted by Crippen LogP contribution is -2.34. The zero-order valence-corrected chi connectivity index (χ0v) is 14.3. The fourth-order valence-electron chi connectivity index (χ4n) is 2.65. The summed E-state index contributed by atoms with van der Waals surface area (Å²) in [6.45, 7) is 1.81. The van der Waals surface area contributed by atoms with Crippen LogP contribution in [-0.2, 0) is 16.4 Å². The lowest BCUT2D eigenvalue weighted by molar-refractivity contribution is 0.402. The van der Waals surface area contributed by atoms with Crippen molar-refractivity contribution < 1.29 is 17.6 Å². The summed E-state index contributed by atoms with van der Waals surface area (Å²) in [5, 5.41) is 1.01. The molecule has 0 saturated heterocycles. The Hall–Kier alpha value is -2.31. The summed E-state index contributed by atoms with van der Waals surface area (Å²) in [6, 6.07) is 15.9. The number of hydrogen-bond donors (Lipinski definition) is 1. The zero-order chi connectivity index (χ0) is 17.2. The van der Waals surface area contributed by atoms with Crippen LogP contribution in [0.25, 0.3) is 11.0 Å². The smallest absolute Gasteiger partial charge is 0.244 e. The maximum Gasteiger partial charge on any atom is 0.244 e. The molecule has 0 saturated carbocycles. The van der Waals surface area contributed by atoms with Gasteiger partial charge in [0.05, 0.1) is 7.11 Å². The number of benzene rings is 2. The van der Waals surface area contributed by atoms with E-state index in [1.807, 2.05) is 30.3 Å². The number of furan rings is 1. The summed E-state index contributed by atoms with van der Waals surface area (Å²) in [7, 11) is -2.22. The first-order valence-corrected chi connectivity index (χ1v) is 9.11. The van der Waals surface area contributed by atoms with Crippen LogP contribution in [0, 0.1) is 0 Å². The molecular weight excluding hydrogens is 326 g/mol. The highest BCUT2D eigenvalue weighted by Crippen LogP contribution is 2.24. The summed E-state index contributed by atoms with van der Waals surface area (Å²) < 4.78 is 38.7. The molecule has 6 heteroatoms. The number of ether oxygens (including phenoxy) is 1. The number of rotatable bonds is 6. The second-order valence-electron chi connectivity index (χ2n) is 5.63. The van der Waals surface area contributed by atoms with E-state index in [4.69, 9.17) is 9.15 Å².